The van der Waals surface area contributed by atoms with E-state index in [0.29, 0.717) is 36.8 Å². The molecule has 0 amide bonds. The molecule has 2 aromatic heterocycles. The standard InChI is InChI=1S/C26H24F3N5O2/c1-16-14-33(15-30-16)21-7-5-17(11-22(21)35-2)6-8-23-31-25-26(36-3,9-4-10-34(25)32-23)18-12-19(27)24(29)20(28)13-18/h5-8,11-15H,4,9-10H2,1-3H3. The molecule has 4 aromatic rings. The van der Waals surface area contributed by atoms with Crippen LogP contribution in [-0.4, -0.2) is 38.5 Å². The van der Waals surface area contributed by atoms with Crippen LogP contribution in [0, 0.1) is 24.4 Å². The van der Waals surface area contributed by atoms with Crippen LogP contribution < -0.4 is 4.74 Å². The first-order chi connectivity index (χ1) is 17.3. The second-order valence-electron chi connectivity index (χ2n) is 8.59. The monoisotopic (exact) mass is 495 g/mol. The molecule has 186 valence electrons. The van der Waals surface area contributed by atoms with Crippen molar-refractivity contribution in [1.29, 1.82) is 0 Å². The number of halogens is 3. The van der Waals surface area contributed by atoms with Gasteiger partial charge in [0.05, 0.1) is 24.8 Å². The summed E-state index contributed by atoms with van der Waals surface area (Å²) in [6, 6.07) is 7.66. The van der Waals surface area contributed by atoms with Crippen molar-refractivity contribution in [3.8, 4) is 11.4 Å². The average molecular weight is 496 g/mol. The van der Waals surface area contributed by atoms with Gasteiger partial charge in [0.15, 0.2) is 34.7 Å². The molecule has 1 atom stereocenters. The first-order valence-corrected chi connectivity index (χ1v) is 11.4. The third kappa shape index (κ3) is 4.07. The van der Waals surface area contributed by atoms with Crippen LogP contribution in [0.25, 0.3) is 17.8 Å². The second kappa shape index (κ2) is 9.27. The number of methoxy groups -OCH3 is 2. The molecule has 1 aliphatic heterocycles. The van der Waals surface area contributed by atoms with Gasteiger partial charge in [-0.3, -0.25) is 0 Å². The number of rotatable bonds is 6. The number of aryl methyl sites for hydroxylation is 2. The first kappa shape index (κ1) is 23.8. The van der Waals surface area contributed by atoms with Gasteiger partial charge in [0.2, 0.25) is 0 Å². The third-order valence-electron chi connectivity index (χ3n) is 6.37. The van der Waals surface area contributed by atoms with Gasteiger partial charge in [-0.2, -0.15) is 5.10 Å². The van der Waals surface area contributed by atoms with Crippen LogP contribution in [-0.2, 0) is 16.9 Å². The van der Waals surface area contributed by atoms with E-state index in [-0.39, 0.29) is 5.56 Å². The fourth-order valence-electron chi connectivity index (χ4n) is 4.58. The molecule has 2 aromatic carbocycles. The predicted molar refractivity (Wildman–Crippen MR) is 127 cm³/mol. The third-order valence-corrected chi connectivity index (χ3v) is 6.37. The molecule has 1 aliphatic rings. The number of fused-ring (bicyclic) bond motifs is 1. The smallest absolute Gasteiger partial charge is 0.194 e. The van der Waals surface area contributed by atoms with Crippen LogP contribution in [0.5, 0.6) is 5.75 Å². The number of imidazole rings is 1. The Morgan fingerprint density at radius 1 is 1.06 bits per heavy atom. The molecule has 0 aliphatic carbocycles. The summed E-state index contributed by atoms with van der Waals surface area (Å²) in [6.45, 7) is 2.49. The van der Waals surface area contributed by atoms with Crippen LogP contribution in [0.2, 0.25) is 0 Å². The van der Waals surface area contributed by atoms with Crippen molar-refractivity contribution in [2.75, 3.05) is 14.2 Å². The van der Waals surface area contributed by atoms with E-state index in [9.17, 15) is 13.2 Å². The number of benzene rings is 2. The number of ether oxygens (including phenoxy) is 2. The van der Waals surface area contributed by atoms with E-state index in [1.54, 1.807) is 24.2 Å². The molecule has 0 N–H and O–H groups in total. The van der Waals surface area contributed by atoms with E-state index in [4.69, 9.17) is 9.47 Å². The molecule has 10 heteroatoms. The Kier molecular flexibility index (Phi) is 6.13. The van der Waals surface area contributed by atoms with Crippen molar-refractivity contribution >= 4 is 12.2 Å². The Morgan fingerprint density at radius 2 is 1.83 bits per heavy atom. The van der Waals surface area contributed by atoms with Gasteiger partial charge in [0.1, 0.15) is 5.75 Å². The van der Waals surface area contributed by atoms with Crippen molar-refractivity contribution in [3.63, 3.8) is 0 Å². The molecule has 0 fully saturated rings. The molecule has 0 saturated heterocycles. The number of aromatic nitrogens is 5. The van der Waals surface area contributed by atoms with Crippen LogP contribution in [0.1, 0.15) is 41.3 Å². The minimum absolute atomic E-state index is 0.153. The van der Waals surface area contributed by atoms with Crippen molar-refractivity contribution in [1.82, 2.24) is 24.3 Å². The summed E-state index contributed by atoms with van der Waals surface area (Å²) in [4.78, 5) is 8.87. The fourth-order valence-corrected chi connectivity index (χ4v) is 4.58. The Balaban J connectivity index is 1.48. The lowest BCUT2D eigenvalue weighted by Crippen LogP contribution is -2.38. The summed E-state index contributed by atoms with van der Waals surface area (Å²) in [7, 11) is 3.04. The quantitative estimate of drug-likeness (QED) is 0.350. The molecule has 7 nitrogen and oxygen atoms in total. The minimum atomic E-state index is -1.52. The van der Waals surface area contributed by atoms with Gasteiger partial charge in [0, 0.05) is 19.9 Å². The van der Waals surface area contributed by atoms with Gasteiger partial charge < -0.3 is 14.0 Å². The summed E-state index contributed by atoms with van der Waals surface area (Å²) in [6.07, 6.45) is 8.28. The highest BCUT2D eigenvalue weighted by Gasteiger charge is 2.43. The van der Waals surface area contributed by atoms with Crippen molar-refractivity contribution in [3.05, 3.63) is 88.8 Å². The number of hydrogen-bond acceptors (Lipinski definition) is 5. The fraction of sp³-hybridized carbons (Fsp3) is 0.269. The number of hydrogen-bond donors (Lipinski definition) is 0. The van der Waals surface area contributed by atoms with Gasteiger partial charge in [-0.25, -0.2) is 27.8 Å². The van der Waals surface area contributed by atoms with Gasteiger partial charge in [0.25, 0.3) is 0 Å². The highest BCUT2D eigenvalue weighted by Crippen LogP contribution is 2.40. The maximum atomic E-state index is 14.1. The maximum absolute atomic E-state index is 14.1. The average Bonchev–Trinajstić information content (AvgIpc) is 3.51. The molecule has 3 heterocycles. The molecule has 0 bridgehead atoms. The molecule has 36 heavy (non-hydrogen) atoms. The van der Waals surface area contributed by atoms with Gasteiger partial charge in [-0.15, -0.1) is 0 Å². The zero-order chi connectivity index (χ0) is 25.4. The van der Waals surface area contributed by atoms with Crippen LogP contribution in [0.4, 0.5) is 13.2 Å². The van der Waals surface area contributed by atoms with E-state index < -0.39 is 23.1 Å². The molecular formula is C26H24F3N5O2. The highest BCUT2D eigenvalue weighted by atomic mass is 19.2. The van der Waals surface area contributed by atoms with Crippen molar-refractivity contribution in [2.45, 2.75) is 31.9 Å². The number of nitrogens with zero attached hydrogens (tertiary/aromatic N) is 5. The van der Waals surface area contributed by atoms with Crippen LogP contribution in [0.3, 0.4) is 0 Å². The largest absolute Gasteiger partial charge is 0.495 e. The lowest BCUT2D eigenvalue weighted by atomic mass is 9.85. The van der Waals surface area contributed by atoms with Crippen LogP contribution in [0.15, 0.2) is 42.9 Å². The molecule has 0 spiro atoms. The SMILES string of the molecule is COc1cc(C=Cc2nc3n(n2)CCCC3(OC)c2cc(F)c(F)c(F)c2)ccc1-n1cnc(C)c1. The predicted octanol–water partition coefficient (Wildman–Crippen LogP) is 5.05. The topological polar surface area (TPSA) is 67.0 Å². The van der Waals surface area contributed by atoms with Crippen molar-refractivity contribution < 1.29 is 22.6 Å². The Morgan fingerprint density at radius 3 is 2.50 bits per heavy atom. The van der Waals surface area contributed by atoms with E-state index in [0.717, 1.165) is 29.1 Å². The molecule has 0 radical (unpaired) electrons. The molecule has 0 saturated carbocycles. The normalized spacial score (nSPS) is 17.5. The van der Waals surface area contributed by atoms with E-state index in [2.05, 4.69) is 15.1 Å². The maximum Gasteiger partial charge on any atom is 0.194 e. The Bertz CT molecular complexity index is 1440. The first-order valence-electron chi connectivity index (χ1n) is 11.4. The molecule has 1 unspecified atom stereocenters. The zero-order valence-electron chi connectivity index (χ0n) is 20.0. The van der Waals surface area contributed by atoms with E-state index in [1.807, 2.05) is 42.0 Å². The minimum Gasteiger partial charge on any atom is -0.495 e. The molecule has 5 rings (SSSR count). The Labute approximate surface area is 205 Å². The summed E-state index contributed by atoms with van der Waals surface area (Å²) in [5.41, 5.74) is 1.52. The summed E-state index contributed by atoms with van der Waals surface area (Å²) >= 11 is 0. The van der Waals surface area contributed by atoms with E-state index >= 15 is 0 Å². The summed E-state index contributed by atoms with van der Waals surface area (Å²) in [5, 5.41) is 4.54. The summed E-state index contributed by atoms with van der Waals surface area (Å²) < 4.78 is 56.6. The molecular weight excluding hydrogens is 471 g/mol. The summed E-state index contributed by atoms with van der Waals surface area (Å²) in [5.74, 6) is -2.59. The van der Waals surface area contributed by atoms with Gasteiger partial charge >= 0.3 is 0 Å². The van der Waals surface area contributed by atoms with Crippen LogP contribution >= 0.6 is 0 Å². The lowest BCUT2D eigenvalue weighted by Gasteiger charge is -2.35. The van der Waals surface area contributed by atoms with Crippen molar-refractivity contribution in [2.24, 2.45) is 0 Å². The lowest BCUT2D eigenvalue weighted by molar-refractivity contribution is -0.0101. The highest BCUT2D eigenvalue weighted by molar-refractivity contribution is 5.69. The van der Waals surface area contributed by atoms with Gasteiger partial charge in [-0.05, 0) is 61.2 Å². The van der Waals surface area contributed by atoms with Gasteiger partial charge in [-0.1, -0.05) is 12.1 Å². The Hall–Kier alpha value is -3.92. The zero-order valence-corrected chi connectivity index (χ0v) is 20.0. The second-order valence-corrected chi connectivity index (χ2v) is 8.59. The van der Waals surface area contributed by atoms with E-state index in [1.165, 1.54) is 7.11 Å².